The van der Waals surface area contributed by atoms with Gasteiger partial charge in [0.15, 0.2) is 0 Å². The van der Waals surface area contributed by atoms with Gasteiger partial charge in [-0.2, -0.15) is 0 Å². The van der Waals surface area contributed by atoms with Crippen molar-refractivity contribution in [3.05, 3.63) is 29.8 Å². The molecule has 5 amide bonds. The van der Waals surface area contributed by atoms with Crippen LogP contribution in [0.3, 0.4) is 0 Å². The van der Waals surface area contributed by atoms with E-state index in [-0.39, 0.29) is 35.8 Å². The zero-order chi connectivity index (χ0) is 25.3. The molecular formula is C27H36N4O5. The zero-order valence-electron chi connectivity index (χ0n) is 21.0. The molecule has 0 aliphatic carbocycles. The number of urea groups is 1. The molecule has 4 fully saturated rings. The molecule has 36 heavy (non-hydrogen) atoms. The summed E-state index contributed by atoms with van der Waals surface area (Å²) in [5.41, 5.74) is 0.529. The highest BCUT2D eigenvalue weighted by Gasteiger charge is 2.55. The predicted molar refractivity (Wildman–Crippen MR) is 134 cm³/mol. The molecule has 2 atom stereocenters. The lowest BCUT2D eigenvalue weighted by molar-refractivity contribution is -0.135. The number of hydrogen-bond acceptors (Lipinski definition) is 5. The average Bonchev–Trinajstić information content (AvgIpc) is 3.62. The van der Waals surface area contributed by atoms with E-state index < -0.39 is 5.54 Å². The van der Waals surface area contributed by atoms with Gasteiger partial charge < -0.3 is 19.9 Å². The third-order valence-electron chi connectivity index (χ3n) is 8.23. The quantitative estimate of drug-likeness (QED) is 0.585. The fraction of sp³-hybridized carbons (Fsp3) is 0.630. The van der Waals surface area contributed by atoms with Crippen molar-refractivity contribution in [2.24, 2.45) is 5.92 Å². The number of nitrogens with zero attached hydrogens (tertiary/aromatic N) is 3. The van der Waals surface area contributed by atoms with Crippen LogP contribution in [0.2, 0.25) is 0 Å². The Kier molecular flexibility index (Phi) is 7.01. The van der Waals surface area contributed by atoms with Crippen LogP contribution in [0.1, 0.15) is 68.6 Å². The highest BCUT2D eigenvalue weighted by Crippen LogP contribution is 2.38. The molecule has 1 aromatic rings. The lowest BCUT2D eigenvalue weighted by Crippen LogP contribution is -2.56. The third kappa shape index (κ3) is 4.49. The molecule has 194 valence electrons. The van der Waals surface area contributed by atoms with Gasteiger partial charge in [-0.05, 0) is 68.7 Å². The fourth-order valence-electron chi connectivity index (χ4n) is 6.31. The Hall–Kier alpha value is -2.94. The smallest absolute Gasteiger partial charge is 0.325 e. The van der Waals surface area contributed by atoms with E-state index in [1.807, 2.05) is 24.0 Å². The van der Waals surface area contributed by atoms with Crippen LogP contribution in [0.4, 0.5) is 10.5 Å². The molecule has 4 aliphatic rings. The molecule has 0 saturated carbocycles. The number of piperidine rings is 1. The van der Waals surface area contributed by atoms with Gasteiger partial charge in [-0.25, -0.2) is 4.79 Å². The number of imide groups is 1. The Labute approximate surface area is 212 Å². The summed E-state index contributed by atoms with van der Waals surface area (Å²) < 4.78 is 5.67. The van der Waals surface area contributed by atoms with Gasteiger partial charge in [0.1, 0.15) is 5.54 Å². The summed E-state index contributed by atoms with van der Waals surface area (Å²) in [6.07, 6.45) is 5.88. The minimum absolute atomic E-state index is 0.0176. The van der Waals surface area contributed by atoms with E-state index in [4.69, 9.17) is 4.74 Å². The van der Waals surface area contributed by atoms with Gasteiger partial charge in [-0.15, -0.1) is 0 Å². The Morgan fingerprint density at radius 2 is 1.81 bits per heavy atom. The van der Waals surface area contributed by atoms with Crippen LogP contribution >= 0.6 is 0 Å². The summed E-state index contributed by atoms with van der Waals surface area (Å²) in [4.78, 5) is 56.6. The molecule has 4 heterocycles. The van der Waals surface area contributed by atoms with Gasteiger partial charge in [0, 0.05) is 43.9 Å². The number of carbonyl (C=O) groups excluding carboxylic acids is 4. The molecule has 1 aromatic carbocycles. The molecule has 9 nitrogen and oxygen atoms in total. The van der Waals surface area contributed by atoms with E-state index in [0.717, 1.165) is 37.9 Å². The van der Waals surface area contributed by atoms with Crippen LogP contribution < -0.4 is 10.2 Å². The second-order valence-corrected chi connectivity index (χ2v) is 10.5. The number of anilines is 1. The Morgan fingerprint density at radius 3 is 2.42 bits per heavy atom. The largest absolute Gasteiger partial charge is 0.376 e. The van der Waals surface area contributed by atoms with Gasteiger partial charge >= 0.3 is 6.03 Å². The topological polar surface area (TPSA) is 99.3 Å². The Balaban J connectivity index is 1.23. The maximum atomic E-state index is 13.6. The first-order valence-corrected chi connectivity index (χ1v) is 13.4. The van der Waals surface area contributed by atoms with Gasteiger partial charge in [0.05, 0.1) is 12.6 Å². The summed E-state index contributed by atoms with van der Waals surface area (Å²) in [7, 11) is 0. The van der Waals surface area contributed by atoms with Crippen molar-refractivity contribution in [1.29, 1.82) is 0 Å². The van der Waals surface area contributed by atoms with Crippen LogP contribution in [0, 0.1) is 5.92 Å². The molecule has 0 radical (unpaired) electrons. The van der Waals surface area contributed by atoms with E-state index >= 15 is 0 Å². The van der Waals surface area contributed by atoms with Gasteiger partial charge in [0.25, 0.3) is 11.8 Å². The summed E-state index contributed by atoms with van der Waals surface area (Å²) >= 11 is 0. The number of hydrogen-bond donors (Lipinski definition) is 1. The first-order chi connectivity index (χ1) is 17.4. The molecule has 0 bridgehead atoms. The minimum atomic E-state index is -0.899. The Morgan fingerprint density at radius 1 is 1.06 bits per heavy atom. The van der Waals surface area contributed by atoms with Crippen molar-refractivity contribution in [2.75, 3.05) is 37.7 Å². The van der Waals surface area contributed by atoms with E-state index in [1.165, 1.54) is 4.90 Å². The molecule has 9 heteroatoms. The van der Waals surface area contributed by atoms with Gasteiger partial charge in [-0.1, -0.05) is 13.3 Å². The van der Waals surface area contributed by atoms with Crippen molar-refractivity contribution in [2.45, 2.75) is 69.9 Å². The highest BCUT2D eigenvalue weighted by molar-refractivity contribution is 6.07. The third-order valence-corrected chi connectivity index (χ3v) is 8.23. The lowest BCUT2D eigenvalue weighted by atomic mass is 9.74. The maximum absolute atomic E-state index is 13.6. The number of likely N-dealkylation sites (tertiary alicyclic amines) is 1. The highest BCUT2D eigenvalue weighted by atomic mass is 16.5. The number of rotatable bonds is 7. The van der Waals surface area contributed by atoms with Crippen molar-refractivity contribution >= 4 is 29.4 Å². The average molecular weight is 497 g/mol. The van der Waals surface area contributed by atoms with E-state index in [9.17, 15) is 19.2 Å². The van der Waals surface area contributed by atoms with Crippen LogP contribution in [0.25, 0.3) is 0 Å². The van der Waals surface area contributed by atoms with E-state index in [0.29, 0.717) is 57.5 Å². The summed E-state index contributed by atoms with van der Waals surface area (Å²) in [6.45, 7) is 4.82. The number of ether oxygens (including phenoxy) is 1. The summed E-state index contributed by atoms with van der Waals surface area (Å²) in [6, 6.07) is 6.94. The van der Waals surface area contributed by atoms with E-state index in [2.05, 4.69) is 5.32 Å². The number of nitrogens with one attached hydrogen (secondary N) is 1. The zero-order valence-corrected chi connectivity index (χ0v) is 21.0. The second-order valence-electron chi connectivity index (χ2n) is 10.5. The summed E-state index contributed by atoms with van der Waals surface area (Å²) in [5, 5.41) is 3.07. The minimum Gasteiger partial charge on any atom is -0.376 e. The maximum Gasteiger partial charge on any atom is 0.325 e. The number of benzene rings is 1. The Bertz CT molecular complexity index is 1010. The van der Waals surface area contributed by atoms with Crippen LogP contribution in [0.5, 0.6) is 0 Å². The van der Waals surface area contributed by atoms with Crippen molar-refractivity contribution in [3.63, 3.8) is 0 Å². The standard InChI is InChI=1S/C27H36N4O5/c1-2-13-27(25(34)31(26(35)28-27)18-22-5-4-17-36-22)20-11-15-29(16-12-20)24(33)19-7-9-21(10-8-19)30-14-3-6-23(30)32/h7-10,20,22H,2-6,11-18H2,1H3,(H,28,35)/t22-,27+/m0/s1. The second kappa shape index (κ2) is 10.2. The van der Waals surface area contributed by atoms with Gasteiger partial charge in [-0.3, -0.25) is 19.3 Å². The monoisotopic (exact) mass is 496 g/mol. The first-order valence-electron chi connectivity index (χ1n) is 13.4. The molecule has 1 N–H and O–H groups in total. The molecular weight excluding hydrogens is 460 g/mol. The number of amides is 5. The molecule has 0 spiro atoms. The molecule has 0 unspecified atom stereocenters. The first kappa shape index (κ1) is 24.7. The number of carbonyl (C=O) groups is 4. The molecule has 0 aromatic heterocycles. The van der Waals surface area contributed by atoms with E-state index in [1.54, 1.807) is 17.0 Å². The van der Waals surface area contributed by atoms with Crippen molar-refractivity contribution in [1.82, 2.24) is 15.1 Å². The predicted octanol–water partition coefficient (Wildman–Crippen LogP) is 2.94. The molecule has 5 rings (SSSR count). The van der Waals surface area contributed by atoms with Crippen molar-refractivity contribution < 1.29 is 23.9 Å². The lowest BCUT2D eigenvalue weighted by Gasteiger charge is -2.41. The SMILES string of the molecule is CCC[C@]1(C2CCN(C(=O)c3ccc(N4CCCC4=O)cc3)CC2)NC(=O)N(C[C@@H]2CCCO2)C1=O. The van der Waals surface area contributed by atoms with Crippen LogP contribution in [-0.2, 0) is 14.3 Å². The van der Waals surface area contributed by atoms with Crippen molar-refractivity contribution in [3.8, 4) is 0 Å². The molecule has 4 aliphatic heterocycles. The van der Waals surface area contributed by atoms with Crippen LogP contribution in [-0.4, -0.2) is 78.0 Å². The summed E-state index contributed by atoms with van der Waals surface area (Å²) in [5.74, 6) is -0.0724. The molecule has 4 saturated heterocycles. The normalized spacial score (nSPS) is 27.3. The van der Waals surface area contributed by atoms with Crippen LogP contribution in [0.15, 0.2) is 24.3 Å². The fourth-order valence-corrected chi connectivity index (χ4v) is 6.31. The van der Waals surface area contributed by atoms with Gasteiger partial charge in [0.2, 0.25) is 5.91 Å².